The molecule has 2 amide bonds. The van der Waals surface area contributed by atoms with E-state index in [2.05, 4.69) is 15.1 Å². The molecule has 1 heterocycles. The number of carboxylic acid groups (broad SMARTS) is 1. The molecule has 2 fully saturated rings. The Hall–Kier alpha value is -3.55. The van der Waals surface area contributed by atoms with Crippen molar-refractivity contribution in [3.8, 4) is 0 Å². The molecule has 4 rings (SSSR count). The van der Waals surface area contributed by atoms with Crippen molar-refractivity contribution in [2.24, 2.45) is 16.9 Å². The van der Waals surface area contributed by atoms with Gasteiger partial charge in [-0.15, -0.1) is 0 Å². The van der Waals surface area contributed by atoms with E-state index < -0.39 is 46.8 Å². The Kier molecular flexibility index (Phi) is 9.15. The first kappa shape index (κ1) is 28.5. The molecule has 13 heteroatoms. The fraction of sp³-hybridized carbons (Fsp3) is 0.462. The van der Waals surface area contributed by atoms with Gasteiger partial charge >= 0.3 is 5.97 Å². The number of hydrogen-bond acceptors (Lipinski definition) is 8. The molecule has 2 atom stereocenters. The normalized spacial score (nSPS) is 18.6. The van der Waals surface area contributed by atoms with Gasteiger partial charge in [0, 0.05) is 18.0 Å². The lowest BCUT2D eigenvalue weighted by atomic mass is 9.99. The highest BCUT2D eigenvalue weighted by atomic mass is 32.2. The van der Waals surface area contributed by atoms with Crippen molar-refractivity contribution in [1.82, 2.24) is 19.8 Å². The minimum absolute atomic E-state index is 0.0456. The summed E-state index contributed by atoms with van der Waals surface area (Å²) in [5.41, 5.74) is 0. The number of amides is 2. The summed E-state index contributed by atoms with van der Waals surface area (Å²) >= 11 is 0. The Labute approximate surface area is 227 Å². The molecule has 0 bridgehead atoms. The SMILES string of the molecule is NN=CN(C[C@H]1CCCNC1)C(=O)C[C@H](NS(=O)(=O)c1cccc2ccccc12)C(=O)N(CC(=O)O)C1CC1. The van der Waals surface area contributed by atoms with Crippen molar-refractivity contribution < 1.29 is 27.9 Å². The number of nitrogens with one attached hydrogen (secondary N) is 2. The van der Waals surface area contributed by atoms with Crippen molar-refractivity contribution in [2.75, 3.05) is 26.2 Å². The average Bonchev–Trinajstić information content (AvgIpc) is 3.76. The zero-order valence-corrected chi connectivity index (χ0v) is 22.3. The standard InChI is InChI=1S/C26H34N6O6S/c27-29-17-31(15-18-5-4-12-28-14-18)24(33)13-22(26(36)32(16-25(34)35)20-10-11-20)30-39(37,38)23-9-3-7-19-6-1-2-8-21(19)23/h1-3,6-9,17-18,20,22,28,30H,4-5,10-16,27H2,(H,34,35)/t18-,22-/m0/s1. The minimum Gasteiger partial charge on any atom is -0.480 e. The second-order valence-corrected chi connectivity index (χ2v) is 11.7. The molecule has 1 aliphatic carbocycles. The van der Waals surface area contributed by atoms with Crippen molar-refractivity contribution in [1.29, 1.82) is 0 Å². The predicted molar refractivity (Wildman–Crippen MR) is 145 cm³/mol. The van der Waals surface area contributed by atoms with Gasteiger partial charge in [-0.25, -0.2) is 8.42 Å². The van der Waals surface area contributed by atoms with Crippen LogP contribution in [0.3, 0.4) is 0 Å². The molecule has 1 aliphatic heterocycles. The van der Waals surface area contributed by atoms with Gasteiger partial charge in [0.1, 0.15) is 18.9 Å². The topological polar surface area (TPSA) is 174 Å². The lowest BCUT2D eigenvalue weighted by Gasteiger charge is -2.30. The van der Waals surface area contributed by atoms with Crippen molar-refractivity contribution >= 4 is 44.9 Å². The summed E-state index contributed by atoms with van der Waals surface area (Å²) in [4.78, 5) is 41.0. The molecule has 0 aromatic heterocycles. The van der Waals surface area contributed by atoms with Gasteiger partial charge < -0.3 is 26.1 Å². The number of carbonyl (C=O) groups is 3. The zero-order valence-electron chi connectivity index (χ0n) is 21.5. The van der Waals surface area contributed by atoms with E-state index in [1.807, 2.05) is 0 Å². The maximum Gasteiger partial charge on any atom is 0.323 e. The summed E-state index contributed by atoms with van der Waals surface area (Å²) in [6.45, 7) is 1.30. The summed E-state index contributed by atoms with van der Waals surface area (Å²) in [6.07, 6.45) is 3.70. The number of carboxylic acids is 1. The van der Waals surface area contributed by atoms with Crippen LogP contribution in [0.25, 0.3) is 10.8 Å². The van der Waals surface area contributed by atoms with E-state index in [-0.39, 0.29) is 16.9 Å². The van der Waals surface area contributed by atoms with Gasteiger partial charge in [0.15, 0.2) is 0 Å². The Bertz CT molecular complexity index is 1330. The van der Waals surface area contributed by atoms with E-state index >= 15 is 0 Å². The van der Waals surface area contributed by atoms with Crippen LogP contribution in [0.1, 0.15) is 32.1 Å². The number of benzene rings is 2. The maximum atomic E-state index is 13.6. The molecule has 39 heavy (non-hydrogen) atoms. The van der Waals surface area contributed by atoms with E-state index in [1.165, 1.54) is 17.3 Å². The van der Waals surface area contributed by atoms with Gasteiger partial charge in [-0.3, -0.25) is 14.4 Å². The van der Waals surface area contributed by atoms with E-state index in [4.69, 9.17) is 5.84 Å². The highest BCUT2D eigenvalue weighted by molar-refractivity contribution is 7.89. The van der Waals surface area contributed by atoms with E-state index in [1.54, 1.807) is 36.4 Å². The van der Waals surface area contributed by atoms with E-state index in [0.717, 1.165) is 24.3 Å². The number of rotatable bonds is 12. The van der Waals surface area contributed by atoms with Crippen LogP contribution < -0.4 is 15.9 Å². The number of nitrogens with two attached hydrogens (primary N) is 1. The summed E-state index contributed by atoms with van der Waals surface area (Å²) in [7, 11) is -4.29. The van der Waals surface area contributed by atoms with Crippen LogP contribution in [-0.2, 0) is 24.4 Å². The Morgan fingerprint density at radius 3 is 2.56 bits per heavy atom. The molecule has 0 unspecified atom stereocenters. The summed E-state index contributed by atoms with van der Waals surface area (Å²) < 4.78 is 29.6. The van der Waals surface area contributed by atoms with Crippen LogP contribution in [0.5, 0.6) is 0 Å². The van der Waals surface area contributed by atoms with Crippen molar-refractivity contribution in [3.63, 3.8) is 0 Å². The number of hydrazone groups is 1. The van der Waals surface area contributed by atoms with Gasteiger partial charge in [-0.1, -0.05) is 36.4 Å². The van der Waals surface area contributed by atoms with E-state index in [9.17, 15) is 27.9 Å². The number of carbonyl (C=O) groups excluding carboxylic acids is 2. The second-order valence-electron chi connectivity index (χ2n) is 9.97. The number of nitrogens with zero attached hydrogens (tertiary/aromatic N) is 3. The molecule has 12 nitrogen and oxygen atoms in total. The third kappa shape index (κ3) is 7.31. The highest BCUT2D eigenvalue weighted by Crippen LogP contribution is 2.28. The number of sulfonamides is 1. The fourth-order valence-electron chi connectivity index (χ4n) is 4.92. The largest absolute Gasteiger partial charge is 0.480 e. The van der Waals surface area contributed by atoms with Gasteiger partial charge in [0.2, 0.25) is 21.8 Å². The van der Waals surface area contributed by atoms with Gasteiger partial charge in [0.25, 0.3) is 0 Å². The first-order chi connectivity index (χ1) is 18.7. The Balaban J connectivity index is 1.63. The Morgan fingerprint density at radius 2 is 1.90 bits per heavy atom. The lowest BCUT2D eigenvalue weighted by molar-refractivity contribution is -0.146. The smallest absolute Gasteiger partial charge is 0.323 e. The average molecular weight is 559 g/mol. The van der Waals surface area contributed by atoms with Crippen LogP contribution in [0.4, 0.5) is 0 Å². The lowest BCUT2D eigenvalue weighted by Crippen LogP contribution is -2.53. The van der Waals surface area contributed by atoms with E-state index in [0.29, 0.717) is 36.7 Å². The first-order valence-corrected chi connectivity index (χ1v) is 14.4. The molecule has 2 aromatic rings. The molecule has 1 saturated carbocycles. The number of hydrogen-bond donors (Lipinski definition) is 4. The second kappa shape index (κ2) is 12.5. The van der Waals surface area contributed by atoms with Crippen LogP contribution in [0.15, 0.2) is 52.5 Å². The molecule has 210 valence electrons. The quantitative estimate of drug-likeness (QED) is 0.127. The summed E-state index contributed by atoms with van der Waals surface area (Å²) in [6, 6.07) is 9.86. The number of aliphatic carboxylic acids is 1. The van der Waals surface area contributed by atoms with Crippen LogP contribution in [-0.4, -0.2) is 85.7 Å². The zero-order chi connectivity index (χ0) is 28.0. The third-order valence-corrected chi connectivity index (χ3v) is 8.50. The van der Waals surface area contributed by atoms with Crippen molar-refractivity contribution in [2.45, 2.75) is 49.1 Å². The molecule has 2 aromatic carbocycles. The first-order valence-electron chi connectivity index (χ1n) is 13.0. The van der Waals surface area contributed by atoms with Gasteiger partial charge in [-0.05, 0) is 56.1 Å². The fourth-order valence-corrected chi connectivity index (χ4v) is 6.34. The van der Waals surface area contributed by atoms with Crippen LogP contribution in [0, 0.1) is 5.92 Å². The minimum atomic E-state index is -4.29. The number of fused-ring (bicyclic) bond motifs is 1. The summed E-state index contributed by atoms with van der Waals surface area (Å²) in [5.74, 6) is 2.95. The molecule has 0 spiro atoms. The number of piperidine rings is 1. The van der Waals surface area contributed by atoms with Gasteiger partial charge in [0.05, 0.1) is 11.3 Å². The molecular formula is C26H34N6O6S. The molecule has 5 N–H and O–H groups in total. The van der Waals surface area contributed by atoms with Gasteiger partial charge in [-0.2, -0.15) is 9.82 Å². The predicted octanol–water partition coefficient (Wildman–Crippen LogP) is 0.683. The third-order valence-electron chi connectivity index (χ3n) is 6.97. The monoisotopic (exact) mass is 558 g/mol. The molecule has 2 aliphatic rings. The molecule has 0 radical (unpaired) electrons. The van der Waals surface area contributed by atoms with Crippen molar-refractivity contribution in [3.05, 3.63) is 42.5 Å². The summed E-state index contributed by atoms with van der Waals surface area (Å²) in [5, 5.41) is 17.3. The molecule has 1 saturated heterocycles. The molecular weight excluding hydrogens is 524 g/mol. The van der Waals surface area contributed by atoms with Crippen LogP contribution in [0.2, 0.25) is 0 Å². The Morgan fingerprint density at radius 1 is 1.15 bits per heavy atom. The highest BCUT2D eigenvalue weighted by Gasteiger charge is 2.40. The maximum absolute atomic E-state index is 13.6. The van der Waals surface area contributed by atoms with Crippen LogP contribution >= 0.6 is 0 Å².